The minimum Gasteiger partial charge on any atom is -0.476 e. The van der Waals surface area contributed by atoms with Gasteiger partial charge in [0.05, 0.1) is 6.61 Å². The molecular weight excluding hydrogens is 256 g/mol. The summed E-state index contributed by atoms with van der Waals surface area (Å²) < 4.78 is 10.5. The van der Waals surface area contributed by atoms with Gasteiger partial charge in [0.25, 0.3) is 0 Å². The molecule has 6 nitrogen and oxygen atoms in total. The first-order valence-corrected chi connectivity index (χ1v) is 7.24. The number of nitrogen functional groups attached to an aromatic ring is 1. The third kappa shape index (κ3) is 5.21. The number of rotatable bonds is 10. The molecule has 1 aromatic rings. The molecule has 0 aliphatic carbocycles. The Morgan fingerprint density at radius 3 is 2.60 bits per heavy atom. The van der Waals surface area contributed by atoms with E-state index in [-0.39, 0.29) is 0 Å². The SMILES string of the molecule is CCCCCCNc1nc(COC)nc(OCC)c1N. The molecule has 0 unspecified atom stereocenters. The third-order valence-corrected chi connectivity index (χ3v) is 2.83. The first-order chi connectivity index (χ1) is 9.72. The van der Waals surface area contributed by atoms with Crippen LogP contribution in [0.1, 0.15) is 45.4 Å². The predicted octanol–water partition coefficient (Wildman–Crippen LogP) is 2.60. The van der Waals surface area contributed by atoms with Crippen LogP contribution < -0.4 is 15.8 Å². The van der Waals surface area contributed by atoms with Crippen molar-refractivity contribution in [3.63, 3.8) is 0 Å². The zero-order valence-corrected chi connectivity index (χ0v) is 12.7. The number of unbranched alkanes of at least 4 members (excludes halogenated alkanes) is 3. The van der Waals surface area contributed by atoms with Gasteiger partial charge >= 0.3 is 0 Å². The molecule has 6 heteroatoms. The number of hydrogen-bond acceptors (Lipinski definition) is 6. The summed E-state index contributed by atoms with van der Waals surface area (Å²) in [5, 5.41) is 3.26. The molecule has 0 bridgehead atoms. The van der Waals surface area contributed by atoms with Crippen molar-refractivity contribution in [3.8, 4) is 5.88 Å². The third-order valence-electron chi connectivity index (χ3n) is 2.83. The highest BCUT2D eigenvalue weighted by Gasteiger charge is 2.12. The lowest BCUT2D eigenvalue weighted by Gasteiger charge is -2.13. The van der Waals surface area contributed by atoms with Crippen molar-refractivity contribution in [2.24, 2.45) is 0 Å². The summed E-state index contributed by atoms with van der Waals surface area (Å²) in [7, 11) is 1.61. The Balaban J connectivity index is 2.71. The van der Waals surface area contributed by atoms with E-state index >= 15 is 0 Å². The number of aromatic nitrogens is 2. The standard InChI is InChI=1S/C14H26N4O2/c1-4-6-7-8-9-16-13-12(15)14(20-5-2)18-11(17-13)10-19-3/h4-10,15H2,1-3H3,(H,16,17,18). The number of ether oxygens (including phenoxy) is 2. The van der Waals surface area contributed by atoms with Gasteiger partial charge in [0.2, 0.25) is 5.88 Å². The summed E-state index contributed by atoms with van der Waals surface area (Å²) in [4.78, 5) is 8.62. The van der Waals surface area contributed by atoms with E-state index in [0.29, 0.717) is 36.4 Å². The maximum Gasteiger partial charge on any atom is 0.242 e. The van der Waals surface area contributed by atoms with Gasteiger partial charge in [0.15, 0.2) is 11.6 Å². The van der Waals surface area contributed by atoms with Crippen LogP contribution in [0.25, 0.3) is 0 Å². The second-order valence-corrected chi connectivity index (χ2v) is 4.56. The van der Waals surface area contributed by atoms with Crippen LogP contribution in [0, 0.1) is 0 Å². The largest absolute Gasteiger partial charge is 0.476 e. The number of methoxy groups -OCH3 is 1. The van der Waals surface area contributed by atoms with Crippen molar-refractivity contribution in [2.45, 2.75) is 46.1 Å². The maximum atomic E-state index is 6.02. The van der Waals surface area contributed by atoms with Gasteiger partial charge in [-0.1, -0.05) is 26.2 Å². The molecule has 0 aliphatic heterocycles. The lowest BCUT2D eigenvalue weighted by atomic mass is 10.2. The predicted molar refractivity (Wildman–Crippen MR) is 81.0 cm³/mol. The summed E-state index contributed by atoms with van der Waals surface area (Å²) in [6.45, 7) is 5.80. The van der Waals surface area contributed by atoms with Crippen LogP contribution in [-0.2, 0) is 11.3 Å². The Labute approximate surface area is 121 Å². The first kappa shape index (κ1) is 16.5. The Hall–Kier alpha value is -1.56. The molecule has 0 saturated carbocycles. The fourth-order valence-corrected chi connectivity index (χ4v) is 1.83. The van der Waals surface area contributed by atoms with Gasteiger partial charge in [-0.3, -0.25) is 0 Å². The van der Waals surface area contributed by atoms with Crippen molar-refractivity contribution < 1.29 is 9.47 Å². The van der Waals surface area contributed by atoms with Crippen LogP contribution in [0.2, 0.25) is 0 Å². The van der Waals surface area contributed by atoms with Gasteiger partial charge < -0.3 is 20.5 Å². The lowest BCUT2D eigenvalue weighted by molar-refractivity contribution is 0.176. The van der Waals surface area contributed by atoms with Gasteiger partial charge in [-0.15, -0.1) is 0 Å². The molecule has 0 atom stereocenters. The van der Waals surface area contributed by atoms with Crippen molar-refractivity contribution in [1.82, 2.24) is 9.97 Å². The quantitative estimate of drug-likeness (QED) is 0.642. The van der Waals surface area contributed by atoms with E-state index in [1.54, 1.807) is 7.11 Å². The highest BCUT2D eigenvalue weighted by Crippen LogP contribution is 2.26. The van der Waals surface area contributed by atoms with E-state index in [9.17, 15) is 0 Å². The minimum absolute atomic E-state index is 0.338. The second kappa shape index (κ2) is 9.36. The summed E-state index contributed by atoms with van der Waals surface area (Å²) in [5.41, 5.74) is 6.48. The molecular formula is C14H26N4O2. The van der Waals surface area contributed by atoms with Gasteiger partial charge in [-0.25, -0.2) is 4.98 Å². The highest BCUT2D eigenvalue weighted by atomic mass is 16.5. The summed E-state index contributed by atoms with van der Waals surface area (Å²) >= 11 is 0. The molecule has 1 rings (SSSR count). The normalized spacial score (nSPS) is 10.6. The Bertz CT molecular complexity index is 399. The molecule has 0 fully saturated rings. The van der Waals surface area contributed by atoms with Gasteiger partial charge in [-0.05, 0) is 13.3 Å². The number of hydrogen-bond donors (Lipinski definition) is 2. The fourth-order valence-electron chi connectivity index (χ4n) is 1.83. The van der Waals surface area contributed by atoms with E-state index in [1.165, 1.54) is 19.3 Å². The monoisotopic (exact) mass is 282 g/mol. The van der Waals surface area contributed by atoms with E-state index in [4.69, 9.17) is 15.2 Å². The minimum atomic E-state index is 0.338. The van der Waals surface area contributed by atoms with Crippen LogP contribution in [0.4, 0.5) is 11.5 Å². The first-order valence-electron chi connectivity index (χ1n) is 7.24. The number of nitrogens with one attached hydrogen (secondary N) is 1. The van der Waals surface area contributed by atoms with E-state index in [2.05, 4.69) is 22.2 Å². The Morgan fingerprint density at radius 2 is 1.95 bits per heavy atom. The molecule has 1 aromatic heterocycles. The van der Waals surface area contributed by atoms with Gasteiger partial charge in [-0.2, -0.15) is 4.98 Å². The Morgan fingerprint density at radius 1 is 1.15 bits per heavy atom. The molecule has 114 valence electrons. The number of nitrogens with zero attached hydrogens (tertiary/aromatic N) is 2. The molecule has 0 aromatic carbocycles. The number of anilines is 2. The van der Waals surface area contributed by atoms with Crippen LogP contribution in [0.3, 0.4) is 0 Å². The fraction of sp³-hybridized carbons (Fsp3) is 0.714. The summed E-state index contributed by atoms with van der Waals surface area (Å²) in [5.74, 6) is 1.62. The van der Waals surface area contributed by atoms with Crippen LogP contribution in [0.5, 0.6) is 5.88 Å². The van der Waals surface area contributed by atoms with Crippen LogP contribution in [0.15, 0.2) is 0 Å². The van der Waals surface area contributed by atoms with Crippen molar-refractivity contribution >= 4 is 11.5 Å². The average molecular weight is 282 g/mol. The van der Waals surface area contributed by atoms with E-state index in [1.807, 2.05) is 6.92 Å². The number of nitrogens with two attached hydrogens (primary N) is 1. The molecule has 1 heterocycles. The summed E-state index contributed by atoms with van der Waals surface area (Å²) in [6, 6.07) is 0. The molecule has 0 aliphatic rings. The van der Waals surface area contributed by atoms with E-state index in [0.717, 1.165) is 13.0 Å². The molecule has 3 N–H and O–H groups in total. The average Bonchev–Trinajstić information content (AvgIpc) is 2.43. The Kier molecular flexibility index (Phi) is 7.72. The highest BCUT2D eigenvalue weighted by molar-refractivity contribution is 5.66. The topological polar surface area (TPSA) is 82.3 Å². The molecule has 0 radical (unpaired) electrons. The van der Waals surface area contributed by atoms with Crippen molar-refractivity contribution in [2.75, 3.05) is 31.3 Å². The zero-order valence-electron chi connectivity index (χ0n) is 12.7. The smallest absolute Gasteiger partial charge is 0.242 e. The van der Waals surface area contributed by atoms with Gasteiger partial charge in [0.1, 0.15) is 12.3 Å². The van der Waals surface area contributed by atoms with Crippen molar-refractivity contribution in [1.29, 1.82) is 0 Å². The zero-order chi connectivity index (χ0) is 14.8. The molecule has 0 amide bonds. The molecule has 0 saturated heterocycles. The second-order valence-electron chi connectivity index (χ2n) is 4.56. The molecule has 0 spiro atoms. The lowest BCUT2D eigenvalue weighted by Crippen LogP contribution is -2.12. The van der Waals surface area contributed by atoms with Gasteiger partial charge in [0, 0.05) is 13.7 Å². The van der Waals surface area contributed by atoms with Crippen LogP contribution in [-0.4, -0.2) is 30.2 Å². The van der Waals surface area contributed by atoms with E-state index < -0.39 is 0 Å². The summed E-state index contributed by atoms with van der Waals surface area (Å²) in [6.07, 6.45) is 4.78. The van der Waals surface area contributed by atoms with Crippen molar-refractivity contribution in [3.05, 3.63) is 5.82 Å². The maximum absolute atomic E-state index is 6.02. The molecule has 20 heavy (non-hydrogen) atoms. The van der Waals surface area contributed by atoms with Crippen LogP contribution >= 0.6 is 0 Å².